The van der Waals surface area contributed by atoms with E-state index in [4.69, 9.17) is 0 Å². The van der Waals surface area contributed by atoms with Crippen molar-refractivity contribution in [1.82, 2.24) is 0 Å². The van der Waals surface area contributed by atoms with E-state index in [1.807, 2.05) is 6.92 Å². The lowest BCUT2D eigenvalue weighted by atomic mass is 10.1. The minimum Gasteiger partial charge on any atom is -0.207 e. The average molecular weight is 281 g/mol. The van der Waals surface area contributed by atoms with Crippen molar-refractivity contribution >= 4 is 15.9 Å². The zero-order chi connectivity index (χ0) is 11.4. The third kappa shape index (κ3) is 3.23. The Balaban J connectivity index is 2.88. The molecule has 15 heavy (non-hydrogen) atoms. The highest BCUT2D eigenvalue weighted by Crippen LogP contribution is 2.31. The lowest BCUT2D eigenvalue weighted by molar-refractivity contribution is 0.488. The minimum atomic E-state index is -1.15. The molecule has 0 amide bonds. The molecule has 1 atom stereocenters. The van der Waals surface area contributed by atoms with Gasteiger partial charge in [-0.3, -0.25) is 0 Å². The molecule has 1 unspecified atom stereocenters. The van der Waals surface area contributed by atoms with E-state index < -0.39 is 17.5 Å². The molecule has 0 nitrogen and oxygen atoms in total. The Morgan fingerprint density at radius 3 is 2.33 bits per heavy atom. The second-order valence-electron chi connectivity index (χ2n) is 3.40. The van der Waals surface area contributed by atoms with Gasteiger partial charge in [-0.2, -0.15) is 0 Å². The van der Waals surface area contributed by atoms with Gasteiger partial charge in [-0.1, -0.05) is 35.7 Å². The first-order valence-corrected chi connectivity index (χ1v) is 5.76. The Morgan fingerprint density at radius 2 is 1.73 bits per heavy atom. The second kappa shape index (κ2) is 5.54. The van der Waals surface area contributed by atoms with Crippen molar-refractivity contribution in [1.29, 1.82) is 0 Å². The third-order valence-corrected chi connectivity index (χ3v) is 3.14. The maximum absolute atomic E-state index is 13.3. The van der Waals surface area contributed by atoms with Crippen LogP contribution in [0, 0.1) is 17.5 Å². The van der Waals surface area contributed by atoms with Gasteiger partial charge in [-0.15, -0.1) is 0 Å². The Bertz CT molecular complexity index is 339. The Morgan fingerprint density at radius 1 is 1.13 bits per heavy atom. The normalized spacial score (nSPS) is 12.9. The standard InChI is InChI=1S/C11H12BrF3/c1-2-3-4-8(12)7-5-10(14)11(15)6-9(7)13/h5-6,8H,2-4H2,1H3. The average Bonchev–Trinajstić information content (AvgIpc) is 2.20. The summed E-state index contributed by atoms with van der Waals surface area (Å²) in [4.78, 5) is -0.257. The molecule has 1 aromatic carbocycles. The fourth-order valence-electron chi connectivity index (χ4n) is 1.32. The van der Waals surface area contributed by atoms with Gasteiger partial charge in [0.15, 0.2) is 11.6 Å². The van der Waals surface area contributed by atoms with Gasteiger partial charge in [0, 0.05) is 16.5 Å². The molecule has 0 saturated carbocycles. The summed E-state index contributed by atoms with van der Waals surface area (Å²) in [5.74, 6) is -2.86. The second-order valence-corrected chi connectivity index (χ2v) is 4.50. The minimum absolute atomic E-state index is 0.183. The van der Waals surface area contributed by atoms with E-state index >= 15 is 0 Å². The van der Waals surface area contributed by atoms with Crippen LogP contribution in [0.2, 0.25) is 0 Å². The van der Waals surface area contributed by atoms with E-state index in [0.717, 1.165) is 18.9 Å². The fraction of sp³-hybridized carbons (Fsp3) is 0.455. The van der Waals surface area contributed by atoms with Crippen LogP contribution >= 0.6 is 15.9 Å². The Hall–Kier alpha value is -0.510. The zero-order valence-electron chi connectivity index (χ0n) is 8.37. The molecule has 84 valence electrons. The molecule has 0 aliphatic rings. The fourth-order valence-corrected chi connectivity index (χ4v) is 1.99. The van der Waals surface area contributed by atoms with Crippen LogP contribution in [0.15, 0.2) is 12.1 Å². The van der Waals surface area contributed by atoms with Crippen molar-refractivity contribution < 1.29 is 13.2 Å². The molecule has 4 heteroatoms. The quantitative estimate of drug-likeness (QED) is 0.553. The van der Waals surface area contributed by atoms with Gasteiger partial charge >= 0.3 is 0 Å². The van der Waals surface area contributed by atoms with E-state index in [0.29, 0.717) is 12.5 Å². The summed E-state index contributed by atoms with van der Waals surface area (Å²) in [5, 5.41) is 0. The number of rotatable bonds is 4. The maximum Gasteiger partial charge on any atom is 0.161 e. The van der Waals surface area contributed by atoms with E-state index in [2.05, 4.69) is 15.9 Å². The van der Waals surface area contributed by atoms with Crippen LogP contribution in [0.5, 0.6) is 0 Å². The third-order valence-electron chi connectivity index (χ3n) is 2.19. The molecule has 0 aliphatic carbocycles. The van der Waals surface area contributed by atoms with Crippen molar-refractivity contribution in [3.63, 3.8) is 0 Å². The number of hydrogen-bond donors (Lipinski definition) is 0. The number of hydrogen-bond acceptors (Lipinski definition) is 0. The van der Waals surface area contributed by atoms with Gasteiger partial charge in [0.05, 0.1) is 0 Å². The highest BCUT2D eigenvalue weighted by Gasteiger charge is 2.15. The molecular formula is C11H12BrF3. The first-order chi connectivity index (χ1) is 7.06. The van der Waals surface area contributed by atoms with E-state index in [1.165, 1.54) is 0 Å². The Labute approximate surface area is 95.6 Å². The van der Waals surface area contributed by atoms with Crippen molar-refractivity contribution in [2.24, 2.45) is 0 Å². The summed E-state index contributed by atoms with van der Waals surface area (Å²) in [7, 11) is 0. The van der Waals surface area contributed by atoms with Crippen LogP contribution in [0.4, 0.5) is 13.2 Å². The summed E-state index contributed by atoms with van der Waals surface area (Å²) in [6, 6.07) is 1.50. The van der Waals surface area contributed by atoms with Crippen molar-refractivity contribution in [3.8, 4) is 0 Å². The highest BCUT2D eigenvalue weighted by atomic mass is 79.9. The van der Waals surface area contributed by atoms with Crippen LogP contribution in [0.1, 0.15) is 36.6 Å². The molecular weight excluding hydrogens is 269 g/mol. The van der Waals surface area contributed by atoms with Crippen molar-refractivity contribution in [2.75, 3.05) is 0 Å². The van der Waals surface area contributed by atoms with Gasteiger partial charge in [0.2, 0.25) is 0 Å². The molecule has 0 heterocycles. The van der Waals surface area contributed by atoms with Crippen LogP contribution < -0.4 is 0 Å². The smallest absolute Gasteiger partial charge is 0.161 e. The number of halogens is 4. The summed E-state index contributed by atoms with van der Waals surface area (Å²) >= 11 is 3.27. The van der Waals surface area contributed by atoms with Gasteiger partial charge in [0.25, 0.3) is 0 Å². The van der Waals surface area contributed by atoms with Crippen LogP contribution in [0.3, 0.4) is 0 Å². The first-order valence-electron chi connectivity index (χ1n) is 4.84. The van der Waals surface area contributed by atoms with E-state index in [9.17, 15) is 13.2 Å². The number of alkyl halides is 1. The van der Waals surface area contributed by atoms with Crippen molar-refractivity contribution in [3.05, 3.63) is 35.1 Å². The SMILES string of the molecule is CCCCC(Br)c1cc(F)c(F)cc1F. The molecule has 0 saturated heterocycles. The predicted octanol–water partition coefficient (Wildman–Crippen LogP) is 4.73. The van der Waals surface area contributed by atoms with Gasteiger partial charge in [0.1, 0.15) is 5.82 Å². The summed E-state index contributed by atoms with van der Waals surface area (Å²) in [6.45, 7) is 2.02. The number of unbranched alkanes of at least 4 members (excludes halogenated alkanes) is 1. The molecule has 0 aliphatic heterocycles. The summed E-state index contributed by atoms with van der Waals surface area (Å²) < 4.78 is 38.8. The van der Waals surface area contributed by atoms with E-state index in [-0.39, 0.29) is 10.4 Å². The molecule has 0 fully saturated rings. The summed E-state index contributed by atoms with van der Waals surface area (Å²) in [5.41, 5.74) is 0.183. The number of benzene rings is 1. The van der Waals surface area contributed by atoms with E-state index in [1.54, 1.807) is 0 Å². The molecule has 1 aromatic rings. The molecule has 0 radical (unpaired) electrons. The topological polar surface area (TPSA) is 0 Å². The maximum atomic E-state index is 13.3. The molecule has 0 N–H and O–H groups in total. The van der Waals surface area contributed by atoms with Crippen LogP contribution in [-0.4, -0.2) is 0 Å². The lowest BCUT2D eigenvalue weighted by Crippen LogP contribution is -1.98. The van der Waals surface area contributed by atoms with Gasteiger partial charge in [-0.05, 0) is 12.5 Å². The monoisotopic (exact) mass is 280 g/mol. The predicted molar refractivity (Wildman–Crippen MR) is 57.5 cm³/mol. The van der Waals surface area contributed by atoms with Crippen LogP contribution in [0.25, 0.3) is 0 Å². The van der Waals surface area contributed by atoms with Crippen molar-refractivity contribution in [2.45, 2.75) is 31.0 Å². The van der Waals surface area contributed by atoms with Crippen LogP contribution in [-0.2, 0) is 0 Å². The zero-order valence-corrected chi connectivity index (χ0v) is 9.95. The molecule has 1 rings (SSSR count). The first kappa shape index (κ1) is 12.6. The molecule has 0 bridgehead atoms. The van der Waals surface area contributed by atoms with Gasteiger partial charge < -0.3 is 0 Å². The summed E-state index contributed by atoms with van der Waals surface area (Å²) in [6.07, 6.45) is 2.60. The van der Waals surface area contributed by atoms with Gasteiger partial charge in [-0.25, -0.2) is 13.2 Å². The Kier molecular flexibility index (Phi) is 4.64. The molecule has 0 spiro atoms. The highest BCUT2D eigenvalue weighted by molar-refractivity contribution is 9.09. The molecule has 0 aromatic heterocycles. The largest absolute Gasteiger partial charge is 0.207 e. The lowest BCUT2D eigenvalue weighted by Gasteiger charge is -2.10.